The predicted octanol–water partition coefficient (Wildman–Crippen LogP) is 4.60. The fourth-order valence-electron chi connectivity index (χ4n) is 2.78. The minimum absolute atomic E-state index is 0.0367. The van der Waals surface area contributed by atoms with Gasteiger partial charge in [-0.3, -0.25) is 4.79 Å². The average Bonchev–Trinajstić information content (AvgIpc) is 2.57. The third-order valence-corrected chi connectivity index (χ3v) is 4.60. The van der Waals surface area contributed by atoms with Crippen LogP contribution < -0.4 is 0 Å². The molecule has 1 aromatic heterocycles. The van der Waals surface area contributed by atoms with Crippen LogP contribution in [0.5, 0.6) is 0 Å². The second-order valence-electron chi connectivity index (χ2n) is 5.60. The van der Waals surface area contributed by atoms with E-state index in [-0.39, 0.29) is 18.5 Å². The van der Waals surface area contributed by atoms with Crippen LogP contribution in [0.25, 0.3) is 10.9 Å². The lowest BCUT2D eigenvalue weighted by Gasteiger charge is -2.17. The number of aromatic nitrogens is 1. The standard InChI is InChI=1S/C18H18ClNO2/c1-12-14-9-5-6-10-15(14)20-16(17(12)19)11-22-18(21)13-7-3-2-4-8-13/h2-3,5-6,9-10,13H,4,7-8,11H2,1H3/t13-/m0/s1. The van der Waals surface area contributed by atoms with Crippen molar-refractivity contribution in [3.05, 3.63) is 52.7 Å². The number of allylic oxidation sites excluding steroid dienone is 2. The molecule has 2 aromatic rings. The Morgan fingerprint density at radius 3 is 2.95 bits per heavy atom. The van der Waals surface area contributed by atoms with Crippen LogP contribution in [0.1, 0.15) is 30.5 Å². The van der Waals surface area contributed by atoms with E-state index in [9.17, 15) is 4.79 Å². The van der Waals surface area contributed by atoms with Crippen molar-refractivity contribution in [3.8, 4) is 0 Å². The Balaban J connectivity index is 1.77. The van der Waals surface area contributed by atoms with Gasteiger partial charge in [0.05, 0.1) is 22.2 Å². The normalized spacial score (nSPS) is 17.6. The number of para-hydroxylation sites is 1. The first-order valence-corrected chi connectivity index (χ1v) is 7.90. The number of halogens is 1. The van der Waals surface area contributed by atoms with E-state index >= 15 is 0 Å². The minimum Gasteiger partial charge on any atom is -0.459 e. The van der Waals surface area contributed by atoms with Crippen LogP contribution in [0.4, 0.5) is 0 Å². The molecule has 0 saturated carbocycles. The lowest BCUT2D eigenvalue weighted by molar-refractivity contribution is -0.150. The van der Waals surface area contributed by atoms with Gasteiger partial charge in [-0.15, -0.1) is 0 Å². The molecule has 0 spiro atoms. The van der Waals surface area contributed by atoms with Crippen LogP contribution in [0.2, 0.25) is 5.02 Å². The first-order chi connectivity index (χ1) is 10.7. The van der Waals surface area contributed by atoms with Gasteiger partial charge in [0.15, 0.2) is 0 Å². The molecule has 1 aliphatic carbocycles. The van der Waals surface area contributed by atoms with E-state index < -0.39 is 0 Å². The minimum atomic E-state index is -0.159. The zero-order chi connectivity index (χ0) is 15.5. The quantitative estimate of drug-likeness (QED) is 0.614. The van der Waals surface area contributed by atoms with Gasteiger partial charge in [0.2, 0.25) is 0 Å². The monoisotopic (exact) mass is 315 g/mol. The fourth-order valence-corrected chi connectivity index (χ4v) is 2.98. The number of rotatable bonds is 3. The molecule has 0 saturated heterocycles. The third kappa shape index (κ3) is 3.00. The summed E-state index contributed by atoms with van der Waals surface area (Å²) in [5.74, 6) is -0.196. The molecule has 1 heterocycles. The topological polar surface area (TPSA) is 39.2 Å². The van der Waals surface area contributed by atoms with Gasteiger partial charge in [0, 0.05) is 5.39 Å². The summed E-state index contributed by atoms with van der Waals surface area (Å²) < 4.78 is 5.43. The van der Waals surface area contributed by atoms with Gasteiger partial charge < -0.3 is 4.74 Å². The zero-order valence-corrected chi connectivity index (χ0v) is 13.3. The van der Waals surface area contributed by atoms with Crippen molar-refractivity contribution in [2.45, 2.75) is 32.8 Å². The second kappa shape index (κ2) is 6.49. The van der Waals surface area contributed by atoms with Gasteiger partial charge in [0.1, 0.15) is 6.61 Å². The molecule has 3 rings (SSSR count). The smallest absolute Gasteiger partial charge is 0.309 e. The van der Waals surface area contributed by atoms with Gasteiger partial charge in [-0.25, -0.2) is 4.98 Å². The number of hydrogen-bond donors (Lipinski definition) is 0. The van der Waals surface area contributed by atoms with Crippen molar-refractivity contribution in [1.29, 1.82) is 0 Å². The summed E-state index contributed by atoms with van der Waals surface area (Å²) in [6.45, 7) is 2.09. The van der Waals surface area contributed by atoms with E-state index in [0.29, 0.717) is 10.7 Å². The SMILES string of the molecule is Cc1c(Cl)c(COC(=O)[C@H]2CC=CCC2)nc2ccccc12. The molecule has 0 N–H and O–H groups in total. The number of ether oxygens (including phenoxy) is 1. The zero-order valence-electron chi connectivity index (χ0n) is 12.5. The summed E-state index contributed by atoms with van der Waals surface area (Å²) in [6, 6.07) is 7.83. The maximum absolute atomic E-state index is 12.1. The van der Waals surface area contributed by atoms with E-state index in [1.54, 1.807) is 0 Å². The molecule has 1 atom stereocenters. The van der Waals surface area contributed by atoms with Crippen molar-refractivity contribution in [2.24, 2.45) is 5.92 Å². The van der Waals surface area contributed by atoms with Crippen LogP contribution in [-0.4, -0.2) is 11.0 Å². The van der Waals surface area contributed by atoms with Crippen LogP contribution in [0.3, 0.4) is 0 Å². The van der Waals surface area contributed by atoms with Crippen molar-refractivity contribution in [3.63, 3.8) is 0 Å². The number of pyridine rings is 1. The Morgan fingerprint density at radius 2 is 2.18 bits per heavy atom. The number of fused-ring (bicyclic) bond motifs is 1. The molecule has 1 aliphatic rings. The molecule has 0 aliphatic heterocycles. The van der Waals surface area contributed by atoms with E-state index in [1.807, 2.05) is 37.3 Å². The number of carbonyl (C=O) groups is 1. The number of nitrogens with zero attached hydrogens (tertiary/aromatic N) is 1. The first kappa shape index (κ1) is 15.0. The summed E-state index contributed by atoms with van der Waals surface area (Å²) in [6.07, 6.45) is 6.70. The number of esters is 1. The molecule has 1 aromatic carbocycles. The lowest BCUT2D eigenvalue weighted by atomic mass is 9.95. The van der Waals surface area contributed by atoms with Gasteiger partial charge in [-0.05, 0) is 37.8 Å². The van der Waals surface area contributed by atoms with Gasteiger partial charge in [0.25, 0.3) is 0 Å². The van der Waals surface area contributed by atoms with E-state index in [2.05, 4.69) is 11.1 Å². The summed E-state index contributed by atoms with van der Waals surface area (Å²) >= 11 is 6.38. The van der Waals surface area contributed by atoms with Crippen molar-refractivity contribution < 1.29 is 9.53 Å². The van der Waals surface area contributed by atoms with Crippen LogP contribution in [-0.2, 0) is 16.1 Å². The molecule has 4 heteroatoms. The summed E-state index contributed by atoms with van der Waals surface area (Å²) in [7, 11) is 0. The Hall–Kier alpha value is -1.87. The van der Waals surface area contributed by atoms with Crippen LogP contribution in [0.15, 0.2) is 36.4 Å². The van der Waals surface area contributed by atoms with E-state index in [4.69, 9.17) is 16.3 Å². The number of aryl methyl sites for hydroxylation is 1. The molecule has 0 unspecified atom stereocenters. The summed E-state index contributed by atoms with van der Waals surface area (Å²) in [5, 5.41) is 1.61. The van der Waals surface area contributed by atoms with Gasteiger partial charge in [-0.1, -0.05) is 42.0 Å². The highest BCUT2D eigenvalue weighted by Crippen LogP contribution is 2.28. The van der Waals surface area contributed by atoms with Gasteiger partial charge >= 0.3 is 5.97 Å². The summed E-state index contributed by atoms with van der Waals surface area (Å²) in [5.41, 5.74) is 2.47. The van der Waals surface area contributed by atoms with E-state index in [0.717, 1.165) is 35.7 Å². The molecule has 0 amide bonds. The van der Waals surface area contributed by atoms with Crippen LogP contribution >= 0.6 is 11.6 Å². The molecule has 3 nitrogen and oxygen atoms in total. The Morgan fingerprint density at radius 1 is 1.36 bits per heavy atom. The first-order valence-electron chi connectivity index (χ1n) is 7.52. The van der Waals surface area contributed by atoms with Crippen LogP contribution in [0, 0.1) is 12.8 Å². The highest BCUT2D eigenvalue weighted by atomic mass is 35.5. The Labute approximate surface area is 135 Å². The second-order valence-corrected chi connectivity index (χ2v) is 5.98. The predicted molar refractivity (Wildman–Crippen MR) is 87.8 cm³/mol. The van der Waals surface area contributed by atoms with Gasteiger partial charge in [-0.2, -0.15) is 0 Å². The van der Waals surface area contributed by atoms with Crippen molar-refractivity contribution >= 4 is 28.5 Å². The maximum atomic E-state index is 12.1. The average molecular weight is 316 g/mol. The molecular formula is C18H18ClNO2. The lowest BCUT2D eigenvalue weighted by Crippen LogP contribution is -2.19. The highest BCUT2D eigenvalue weighted by Gasteiger charge is 2.21. The molecule has 22 heavy (non-hydrogen) atoms. The van der Waals surface area contributed by atoms with Crippen molar-refractivity contribution in [1.82, 2.24) is 4.98 Å². The molecule has 0 fully saturated rings. The third-order valence-electron chi connectivity index (χ3n) is 4.10. The molecule has 0 bridgehead atoms. The fraction of sp³-hybridized carbons (Fsp3) is 0.333. The summed E-state index contributed by atoms with van der Waals surface area (Å²) in [4.78, 5) is 16.6. The number of benzene rings is 1. The van der Waals surface area contributed by atoms with Crippen molar-refractivity contribution in [2.75, 3.05) is 0 Å². The Kier molecular flexibility index (Phi) is 4.44. The number of hydrogen-bond acceptors (Lipinski definition) is 3. The molecule has 114 valence electrons. The largest absolute Gasteiger partial charge is 0.459 e. The number of carbonyl (C=O) groups excluding carboxylic acids is 1. The van der Waals surface area contributed by atoms with E-state index in [1.165, 1.54) is 0 Å². The maximum Gasteiger partial charge on any atom is 0.309 e. The molecule has 0 radical (unpaired) electrons. The molecular weight excluding hydrogens is 298 g/mol. The Bertz CT molecular complexity index is 739. The highest BCUT2D eigenvalue weighted by molar-refractivity contribution is 6.32.